The number of benzene rings is 1. The zero-order valence-corrected chi connectivity index (χ0v) is 18.2. The van der Waals surface area contributed by atoms with Crippen molar-refractivity contribution in [2.75, 3.05) is 27.8 Å². The molecule has 3 fully saturated rings. The van der Waals surface area contributed by atoms with Gasteiger partial charge in [0.05, 0.1) is 13.2 Å². The average Bonchev–Trinajstić information content (AvgIpc) is 2.99. The van der Waals surface area contributed by atoms with E-state index in [1.807, 2.05) is 19.2 Å². The number of ether oxygens (including phenoxy) is 2. The number of halogens is 1. The molecule has 1 saturated heterocycles. The molecule has 1 aromatic carbocycles. The normalized spacial score (nSPS) is 28.4. The number of aliphatic imine (C=N–C) groups is 1. The van der Waals surface area contributed by atoms with Crippen LogP contribution in [0.4, 0.5) is 0 Å². The summed E-state index contributed by atoms with van der Waals surface area (Å²) in [4.78, 5) is 6.74. The van der Waals surface area contributed by atoms with E-state index in [1.54, 1.807) is 7.11 Å². The summed E-state index contributed by atoms with van der Waals surface area (Å²) < 4.78 is 11.4. The highest BCUT2D eigenvalue weighted by molar-refractivity contribution is 14.0. The van der Waals surface area contributed by atoms with Crippen molar-refractivity contribution in [2.24, 2.45) is 16.3 Å². The molecule has 4 rings (SSSR count). The maximum absolute atomic E-state index is 6.03. The topological polar surface area (TPSA) is 46.1 Å². The third kappa shape index (κ3) is 3.19. The molecule has 6 heteroatoms. The van der Waals surface area contributed by atoms with Crippen LogP contribution in [0.15, 0.2) is 29.3 Å². The van der Waals surface area contributed by atoms with Crippen LogP contribution in [0.25, 0.3) is 0 Å². The van der Waals surface area contributed by atoms with Crippen molar-refractivity contribution in [3.8, 4) is 5.75 Å². The lowest BCUT2D eigenvalue weighted by molar-refractivity contribution is -0.171. The van der Waals surface area contributed by atoms with Gasteiger partial charge in [0.15, 0.2) is 5.96 Å². The van der Waals surface area contributed by atoms with E-state index < -0.39 is 0 Å². The highest BCUT2D eigenvalue weighted by Gasteiger charge is 2.66. The smallest absolute Gasteiger partial charge is 0.193 e. The van der Waals surface area contributed by atoms with Crippen LogP contribution in [0.1, 0.15) is 31.2 Å². The third-order valence-corrected chi connectivity index (χ3v) is 6.45. The summed E-state index contributed by atoms with van der Waals surface area (Å²) in [6.45, 7) is 1.73. The van der Waals surface area contributed by atoms with E-state index >= 15 is 0 Å². The number of fused-ring (bicyclic) bond motifs is 2. The van der Waals surface area contributed by atoms with Crippen LogP contribution >= 0.6 is 24.0 Å². The maximum Gasteiger partial charge on any atom is 0.193 e. The lowest BCUT2D eigenvalue weighted by atomic mass is 9.46. The summed E-state index contributed by atoms with van der Waals surface area (Å²) >= 11 is 0. The van der Waals surface area contributed by atoms with Crippen LogP contribution in [-0.2, 0) is 11.3 Å². The van der Waals surface area contributed by atoms with E-state index in [9.17, 15) is 0 Å². The summed E-state index contributed by atoms with van der Waals surface area (Å²) in [5.41, 5.74) is 1.59. The minimum absolute atomic E-state index is 0. The number of hydrogen-bond acceptors (Lipinski definition) is 3. The Kier molecular flexibility index (Phi) is 6.01. The number of methoxy groups -OCH3 is 1. The fourth-order valence-electron chi connectivity index (χ4n) is 5.06. The van der Waals surface area contributed by atoms with Crippen molar-refractivity contribution in [2.45, 2.75) is 44.4 Å². The molecule has 3 aliphatic rings. The Hall–Kier alpha value is -1.02. The predicted octanol–water partition coefficient (Wildman–Crippen LogP) is 3.28. The number of rotatable bonds is 4. The molecule has 144 valence electrons. The van der Waals surface area contributed by atoms with Gasteiger partial charge in [0, 0.05) is 44.6 Å². The highest BCUT2D eigenvalue weighted by atomic mass is 127. The maximum atomic E-state index is 6.03. The first-order valence-corrected chi connectivity index (χ1v) is 9.37. The lowest BCUT2D eigenvalue weighted by Crippen LogP contribution is -2.72. The average molecular weight is 471 g/mol. The Morgan fingerprint density at radius 2 is 2.23 bits per heavy atom. The second kappa shape index (κ2) is 7.92. The Morgan fingerprint density at radius 1 is 1.42 bits per heavy atom. The summed E-state index contributed by atoms with van der Waals surface area (Å²) in [7, 11) is 5.68. The standard InChI is InChI=1S/C20H29N3O2.HI/c1-21-19(23(2)13-14-6-4-7-15(12-14)24-3)22-17-16-8-11-25-18(16)20(17)9-5-10-20;/h4,6-7,12,16-18H,5,8-11,13H2,1-3H3,(H,21,22);1H. The van der Waals surface area contributed by atoms with E-state index in [4.69, 9.17) is 9.47 Å². The zero-order valence-electron chi connectivity index (χ0n) is 15.9. The van der Waals surface area contributed by atoms with Gasteiger partial charge >= 0.3 is 0 Å². The van der Waals surface area contributed by atoms with E-state index in [-0.39, 0.29) is 24.0 Å². The van der Waals surface area contributed by atoms with Gasteiger partial charge in [-0.15, -0.1) is 24.0 Å². The van der Waals surface area contributed by atoms with E-state index in [0.29, 0.717) is 23.5 Å². The number of guanidine groups is 1. The summed E-state index contributed by atoms with van der Waals surface area (Å²) in [6, 6.07) is 8.74. The molecule has 1 heterocycles. The monoisotopic (exact) mass is 471 g/mol. The van der Waals surface area contributed by atoms with Gasteiger partial charge in [0.2, 0.25) is 0 Å². The molecule has 1 aliphatic heterocycles. The summed E-state index contributed by atoms with van der Waals surface area (Å²) in [6.07, 6.45) is 5.59. The van der Waals surface area contributed by atoms with Gasteiger partial charge in [-0.05, 0) is 37.0 Å². The largest absolute Gasteiger partial charge is 0.497 e. The minimum Gasteiger partial charge on any atom is -0.497 e. The molecule has 0 amide bonds. The summed E-state index contributed by atoms with van der Waals surface area (Å²) in [5.74, 6) is 2.53. The second-order valence-corrected chi connectivity index (χ2v) is 7.71. The Labute approximate surface area is 173 Å². The lowest BCUT2D eigenvalue weighted by Gasteiger charge is -2.63. The van der Waals surface area contributed by atoms with Crippen LogP contribution in [0, 0.1) is 11.3 Å². The first-order chi connectivity index (χ1) is 12.2. The van der Waals surface area contributed by atoms with E-state index in [1.165, 1.54) is 31.2 Å². The molecule has 3 unspecified atom stereocenters. The number of hydrogen-bond donors (Lipinski definition) is 1. The van der Waals surface area contributed by atoms with Gasteiger partial charge in [0.25, 0.3) is 0 Å². The Bertz CT molecular complexity index is 662. The van der Waals surface area contributed by atoms with Crippen LogP contribution in [0.3, 0.4) is 0 Å². The van der Waals surface area contributed by atoms with Crippen molar-refractivity contribution >= 4 is 29.9 Å². The molecule has 0 aromatic heterocycles. The molecular formula is C20H30IN3O2. The predicted molar refractivity (Wildman–Crippen MR) is 114 cm³/mol. The van der Waals surface area contributed by atoms with Gasteiger partial charge in [-0.1, -0.05) is 18.6 Å². The molecule has 0 radical (unpaired) electrons. The fraction of sp³-hybridized carbons (Fsp3) is 0.650. The molecule has 26 heavy (non-hydrogen) atoms. The molecule has 0 bridgehead atoms. The van der Waals surface area contributed by atoms with E-state index in [2.05, 4.69) is 34.4 Å². The first-order valence-electron chi connectivity index (χ1n) is 9.37. The van der Waals surface area contributed by atoms with Crippen LogP contribution in [-0.4, -0.2) is 50.8 Å². The highest BCUT2D eigenvalue weighted by Crippen LogP contribution is 2.62. The fourth-order valence-corrected chi connectivity index (χ4v) is 5.06. The molecule has 1 spiro atoms. The molecule has 5 nitrogen and oxygen atoms in total. The number of nitrogens with zero attached hydrogens (tertiary/aromatic N) is 2. The van der Waals surface area contributed by atoms with Gasteiger partial charge in [-0.25, -0.2) is 0 Å². The SMILES string of the molecule is CN=C(NC1C2CCOC2C12CCC2)N(C)Cc1cccc(OC)c1.I. The van der Waals surface area contributed by atoms with Crippen molar-refractivity contribution < 1.29 is 9.47 Å². The van der Waals surface area contributed by atoms with Crippen molar-refractivity contribution in [3.63, 3.8) is 0 Å². The molecule has 1 N–H and O–H groups in total. The second-order valence-electron chi connectivity index (χ2n) is 7.71. The van der Waals surface area contributed by atoms with Crippen LogP contribution in [0.5, 0.6) is 5.75 Å². The van der Waals surface area contributed by atoms with Gasteiger partial charge in [-0.2, -0.15) is 0 Å². The zero-order chi connectivity index (χ0) is 17.4. The van der Waals surface area contributed by atoms with Crippen LogP contribution < -0.4 is 10.1 Å². The van der Waals surface area contributed by atoms with Gasteiger partial charge in [-0.3, -0.25) is 4.99 Å². The van der Waals surface area contributed by atoms with Gasteiger partial charge < -0.3 is 19.7 Å². The first kappa shape index (κ1) is 19.7. The van der Waals surface area contributed by atoms with Gasteiger partial charge in [0.1, 0.15) is 5.75 Å². The molecule has 2 aliphatic carbocycles. The van der Waals surface area contributed by atoms with Crippen LogP contribution in [0.2, 0.25) is 0 Å². The minimum atomic E-state index is 0. The van der Waals surface area contributed by atoms with Crippen molar-refractivity contribution in [3.05, 3.63) is 29.8 Å². The van der Waals surface area contributed by atoms with Crippen molar-refractivity contribution in [1.29, 1.82) is 0 Å². The third-order valence-electron chi connectivity index (χ3n) is 6.45. The summed E-state index contributed by atoms with van der Waals surface area (Å²) in [5, 5.41) is 3.78. The molecular weight excluding hydrogens is 441 g/mol. The Balaban J connectivity index is 0.00000196. The van der Waals surface area contributed by atoms with Crippen molar-refractivity contribution in [1.82, 2.24) is 10.2 Å². The quantitative estimate of drug-likeness (QED) is 0.416. The number of nitrogens with one attached hydrogen (secondary N) is 1. The van der Waals surface area contributed by atoms with E-state index in [0.717, 1.165) is 24.9 Å². The molecule has 1 aromatic rings. The molecule has 2 saturated carbocycles. The molecule has 3 atom stereocenters. The Morgan fingerprint density at radius 3 is 2.88 bits per heavy atom.